The molecule has 0 saturated carbocycles. The normalized spacial score (nSPS) is 10.7. The first-order valence-corrected chi connectivity index (χ1v) is 9.54. The molecule has 0 saturated heterocycles. The van der Waals surface area contributed by atoms with Gasteiger partial charge >= 0.3 is 0 Å². The zero-order valence-electron chi connectivity index (χ0n) is 17.4. The summed E-state index contributed by atoms with van der Waals surface area (Å²) in [5.74, 6) is 1.82. The van der Waals surface area contributed by atoms with E-state index in [0.717, 1.165) is 11.3 Å². The first-order valence-electron chi connectivity index (χ1n) is 9.54. The molecular weight excluding hydrogens is 364 g/mol. The fourth-order valence-electron chi connectivity index (χ4n) is 2.95. The Kier molecular flexibility index (Phi) is 6.12. The van der Waals surface area contributed by atoms with E-state index in [9.17, 15) is 4.79 Å². The van der Waals surface area contributed by atoms with Crippen LogP contribution in [0.2, 0.25) is 0 Å². The minimum Gasteiger partial charge on any atom is -0.495 e. The van der Waals surface area contributed by atoms with Crippen LogP contribution in [0.4, 0.5) is 17.2 Å². The zero-order chi connectivity index (χ0) is 21.0. The number of hydrogen-bond acceptors (Lipinski definition) is 5. The summed E-state index contributed by atoms with van der Waals surface area (Å²) in [6.45, 7) is 8.03. The van der Waals surface area contributed by atoms with Crippen molar-refractivity contribution in [1.29, 1.82) is 0 Å². The van der Waals surface area contributed by atoms with E-state index in [2.05, 4.69) is 46.6 Å². The lowest BCUT2D eigenvalue weighted by Crippen LogP contribution is -2.16. The van der Waals surface area contributed by atoms with Gasteiger partial charge in [0.15, 0.2) is 0 Å². The van der Waals surface area contributed by atoms with Crippen LogP contribution in [-0.2, 0) is 0 Å². The van der Waals surface area contributed by atoms with E-state index in [4.69, 9.17) is 4.74 Å². The number of anilines is 3. The molecule has 2 aromatic carbocycles. The highest BCUT2D eigenvalue weighted by atomic mass is 16.5. The highest BCUT2D eigenvalue weighted by molar-refractivity contribution is 6.04. The quantitative estimate of drug-likeness (QED) is 0.603. The molecule has 6 heteroatoms. The monoisotopic (exact) mass is 390 g/mol. The van der Waals surface area contributed by atoms with E-state index in [1.165, 1.54) is 5.56 Å². The Balaban J connectivity index is 1.81. The average Bonchev–Trinajstić information content (AvgIpc) is 2.68. The third kappa shape index (κ3) is 5.10. The number of rotatable bonds is 6. The van der Waals surface area contributed by atoms with Crippen molar-refractivity contribution >= 4 is 23.1 Å². The highest BCUT2D eigenvalue weighted by Crippen LogP contribution is 2.26. The van der Waals surface area contributed by atoms with Crippen LogP contribution >= 0.6 is 0 Å². The predicted octanol–water partition coefficient (Wildman–Crippen LogP) is 5.22. The molecular formula is C23H26N4O2. The van der Waals surface area contributed by atoms with Crippen LogP contribution in [-0.4, -0.2) is 23.0 Å². The van der Waals surface area contributed by atoms with Crippen molar-refractivity contribution in [2.45, 2.75) is 33.6 Å². The van der Waals surface area contributed by atoms with Crippen LogP contribution in [0.1, 0.15) is 47.2 Å². The minimum atomic E-state index is -0.322. The third-order valence-corrected chi connectivity index (χ3v) is 4.52. The number of nitrogens with zero attached hydrogens (tertiary/aromatic N) is 2. The molecule has 29 heavy (non-hydrogen) atoms. The lowest BCUT2D eigenvalue weighted by molar-refractivity contribution is 0.102. The summed E-state index contributed by atoms with van der Waals surface area (Å²) < 4.78 is 5.33. The molecule has 0 fully saturated rings. The molecule has 0 atom stereocenters. The van der Waals surface area contributed by atoms with Gasteiger partial charge in [0.05, 0.1) is 12.8 Å². The second kappa shape index (κ2) is 8.73. The number of ether oxygens (including phenoxy) is 1. The number of benzene rings is 2. The van der Waals surface area contributed by atoms with Gasteiger partial charge in [-0.3, -0.25) is 4.79 Å². The maximum atomic E-state index is 12.8. The van der Waals surface area contributed by atoms with Crippen molar-refractivity contribution in [3.63, 3.8) is 0 Å². The Bertz CT molecular complexity index is 1010. The number of carbonyl (C=O) groups is 1. The van der Waals surface area contributed by atoms with E-state index in [-0.39, 0.29) is 11.6 Å². The Morgan fingerprint density at radius 2 is 1.72 bits per heavy atom. The summed E-state index contributed by atoms with van der Waals surface area (Å²) in [5.41, 5.74) is 4.07. The van der Waals surface area contributed by atoms with Crippen molar-refractivity contribution in [2.75, 3.05) is 17.7 Å². The number of nitrogens with one attached hydrogen (secondary N) is 2. The van der Waals surface area contributed by atoms with E-state index in [0.29, 0.717) is 29.0 Å². The maximum absolute atomic E-state index is 12.8. The predicted molar refractivity (Wildman–Crippen MR) is 116 cm³/mol. The standard InChI is InChI=1S/C23H26N4O2/c1-14(2)17-7-9-18(10-8-17)26-22-13-20(24-16(4)25-22)23(28)27-19-12-15(3)6-11-21(19)29-5/h6-14H,1-5H3,(H,27,28)(H,24,25,26). The first kappa shape index (κ1) is 20.3. The molecule has 6 nitrogen and oxygen atoms in total. The Labute approximate surface area is 171 Å². The molecule has 1 heterocycles. The second-order valence-corrected chi connectivity index (χ2v) is 7.25. The SMILES string of the molecule is COc1ccc(C)cc1NC(=O)c1cc(Nc2ccc(C(C)C)cc2)nc(C)n1. The Hall–Kier alpha value is -3.41. The minimum absolute atomic E-state index is 0.280. The summed E-state index contributed by atoms with van der Waals surface area (Å²) in [4.78, 5) is 21.5. The largest absolute Gasteiger partial charge is 0.495 e. The molecule has 0 unspecified atom stereocenters. The number of aromatic nitrogens is 2. The summed E-state index contributed by atoms with van der Waals surface area (Å²) in [6, 6.07) is 15.4. The summed E-state index contributed by atoms with van der Waals surface area (Å²) in [6.07, 6.45) is 0. The van der Waals surface area contributed by atoms with Crippen LogP contribution in [0.15, 0.2) is 48.5 Å². The lowest BCUT2D eigenvalue weighted by atomic mass is 10.0. The zero-order valence-corrected chi connectivity index (χ0v) is 17.4. The molecule has 0 bridgehead atoms. The average molecular weight is 390 g/mol. The van der Waals surface area contributed by atoms with Crippen LogP contribution in [0.3, 0.4) is 0 Å². The van der Waals surface area contributed by atoms with Gasteiger partial charge in [0.25, 0.3) is 5.91 Å². The number of aryl methyl sites for hydroxylation is 2. The lowest BCUT2D eigenvalue weighted by Gasteiger charge is -2.12. The van der Waals surface area contributed by atoms with Crippen LogP contribution < -0.4 is 15.4 Å². The van der Waals surface area contributed by atoms with Gasteiger partial charge in [0.1, 0.15) is 23.1 Å². The summed E-state index contributed by atoms with van der Waals surface area (Å²) >= 11 is 0. The van der Waals surface area contributed by atoms with Gasteiger partial charge in [-0.15, -0.1) is 0 Å². The summed E-state index contributed by atoms with van der Waals surface area (Å²) in [7, 11) is 1.57. The smallest absolute Gasteiger partial charge is 0.274 e. The van der Waals surface area contributed by atoms with Gasteiger partial charge in [0, 0.05) is 11.8 Å². The van der Waals surface area contributed by atoms with Crippen molar-refractivity contribution in [2.24, 2.45) is 0 Å². The number of hydrogen-bond donors (Lipinski definition) is 2. The van der Waals surface area contributed by atoms with E-state index in [1.54, 1.807) is 20.1 Å². The van der Waals surface area contributed by atoms with Gasteiger partial charge in [-0.25, -0.2) is 9.97 Å². The topological polar surface area (TPSA) is 76.1 Å². The van der Waals surface area contributed by atoms with Gasteiger partial charge < -0.3 is 15.4 Å². The fraction of sp³-hybridized carbons (Fsp3) is 0.261. The second-order valence-electron chi connectivity index (χ2n) is 7.25. The molecule has 0 aliphatic carbocycles. The maximum Gasteiger partial charge on any atom is 0.274 e. The van der Waals surface area contributed by atoms with Crippen molar-refractivity contribution in [3.05, 3.63) is 71.2 Å². The van der Waals surface area contributed by atoms with Crippen molar-refractivity contribution in [3.8, 4) is 5.75 Å². The van der Waals surface area contributed by atoms with Gasteiger partial charge in [-0.05, 0) is 55.2 Å². The molecule has 150 valence electrons. The molecule has 3 aromatic rings. The van der Waals surface area contributed by atoms with Crippen molar-refractivity contribution < 1.29 is 9.53 Å². The van der Waals surface area contributed by atoms with Crippen molar-refractivity contribution in [1.82, 2.24) is 9.97 Å². The molecule has 0 aliphatic heterocycles. The molecule has 0 aliphatic rings. The van der Waals surface area contributed by atoms with Gasteiger partial charge in [-0.1, -0.05) is 32.0 Å². The van der Waals surface area contributed by atoms with Crippen LogP contribution in [0.5, 0.6) is 5.75 Å². The Morgan fingerprint density at radius 3 is 2.38 bits per heavy atom. The fourth-order valence-corrected chi connectivity index (χ4v) is 2.95. The van der Waals surface area contributed by atoms with E-state index >= 15 is 0 Å². The molecule has 0 radical (unpaired) electrons. The van der Waals surface area contributed by atoms with E-state index < -0.39 is 0 Å². The third-order valence-electron chi connectivity index (χ3n) is 4.52. The summed E-state index contributed by atoms with van der Waals surface area (Å²) in [5, 5.41) is 6.12. The van der Waals surface area contributed by atoms with Crippen LogP contribution in [0.25, 0.3) is 0 Å². The Morgan fingerprint density at radius 1 is 1.00 bits per heavy atom. The van der Waals surface area contributed by atoms with Gasteiger partial charge in [0.2, 0.25) is 0 Å². The molecule has 1 aromatic heterocycles. The molecule has 0 spiro atoms. The van der Waals surface area contributed by atoms with E-state index in [1.807, 2.05) is 37.3 Å². The molecule has 2 N–H and O–H groups in total. The number of carbonyl (C=O) groups excluding carboxylic acids is 1. The number of methoxy groups -OCH3 is 1. The highest BCUT2D eigenvalue weighted by Gasteiger charge is 2.14. The molecule has 1 amide bonds. The number of amides is 1. The van der Waals surface area contributed by atoms with Crippen LogP contribution in [0, 0.1) is 13.8 Å². The first-order chi connectivity index (χ1) is 13.9. The molecule has 3 rings (SSSR count). The van der Waals surface area contributed by atoms with Gasteiger partial charge in [-0.2, -0.15) is 0 Å².